The first-order valence-corrected chi connectivity index (χ1v) is 6.09. The quantitative estimate of drug-likeness (QED) is 0.793. The minimum Gasteiger partial charge on any atom is -0.497 e. The fourth-order valence-electron chi connectivity index (χ4n) is 1.76. The number of carbonyl (C=O) groups is 1. The number of Topliss-reactive ketones (excluding diaryl/α,β-unsaturated/α-hetero) is 1. The van der Waals surface area contributed by atoms with Crippen LogP contribution in [0.4, 0.5) is 4.39 Å². The molecule has 0 saturated heterocycles. The zero-order chi connectivity index (χ0) is 13.8. The summed E-state index contributed by atoms with van der Waals surface area (Å²) >= 11 is 6.01. The molecule has 0 aliphatic carbocycles. The number of methoxy groups -OCH3 is 1. The zero-order valence-corrected chi connectivity index (χ0v) is 11.1. The van der Waals surface area contributed by atoms with Crippen LogP contribution in [0.15, 0.2) is 42.5 Å². The Morgan fingerprint density at radius 3 is 2.63 bits per heavy atom. The molecule has 0 radical (unpaired) electrons. The van der Waals surface area contributed by atoms with Crippen molar-refractivity contribution in [3.63, 3.8) is 0 Å². The molecular formula is C15H12ClFO2. The van der Waals surface area contributed by atoms with E-state index in [1.54, 1.807) is 36.4 Å². The van der Waals surface area contributed by atoms with Crippen molar-refractivity contribution in [3.8, 4) is 5.75 Å². The summed E-state index contributed by atoms with van der Waals surface area (Å²) in [5, 5.41) is 0.306. The SMILES string of the molecule is COc1ccc(C(=O)Cc2ccccc2F)c(Cl)c1. The summed E-state index contributed by atoms with van der Waals surface area (Å²) in [6, 6.07) is 11.0. The number of halogens is 2. The fraction of sp³-hybridized carbons (Fsp3) is 0.133. The highest BCUT2D eigenvalue weighted by atomic mass is 35.5. The summed E-state index contributed by atoms with van der Waals surface area (Å²) in [7, 11) is 1.52. The predicted molar refractivity (Wildman–Crippen MR) is 72.4 cm³/mol. The van der Waals surface area contributed by atoms with E-state index in [-0.39, 0.29) is 18.0 Å². The van der Waals surface area contributed by atoms with Crippen LogP contribution in [0.1, 0.15) is 15.9 Å². The summed E-state index contributed by atoms with van der Waals surface area (Å²) in [5.74, 6) is -0.0364. The lowest BCUT2D eigenvalue weighted by molar-refractivity contribution is 0.0992. The van der Waals surface area contributed by atoms with Crippen molar-refractivity contribution in [2.75, 3.05) is 7.11 Å². The van der Waals surface area contributed by atoms with E-state index < -0.39 is 0 Å². The van der Waals surface area contributed by atoms with Crippen LogP contribution in [0.3, 0.4) is 0 Å². The molecule has 0 spiro atoms. The van der Waals surface area contributed by atoms with Crippen molar-refractivity contribution in [2.45, 2.75) is 6.42 Å². The molecule has 2 aromatic rings. The molecule has 0 aromatic heterocycles. The number of carbonyl (C=O) groups excluding carboxylic acids is 1. The average Bonchev–Trinajstić information content (AvgIpc) is 2.41. The molecule has 0 unspecified atom stereocenters. The molecule has 0 amide bonds. The van der Waals surface area contributed by atoms with Gasteiger partial charge < -0.3 is 4.74 Å². The molecule has 0 saturated carbocycles. The van der Waals surface area contributed by atoms with Gasteiger partial charge in [-0.2, -0.15) is 0 Å². The minimum atomic E-state index is -0.388. The van der Waals surface area contributed by atoms with Gasteiger partial charge in [0, 0.05) is 12.0 Å². The van der Waals surface area contributed by atoms with Crippen molar-refractivity contribution >= 4 is 17.4 Å². The third kappa shape index (κ3) is 3.12. The molecule has 0 atom stereocenters. The van der Waals surface area contributed by atoms with E-state index in [1.807, 2.05) is 0 Å². The Kier molecular flexibility index (Phi) is 4.17. The van der Waals surface area contributed by atoms with Crippen LogP contribution in [0.5, 0.6) is 5.75 Å². The van der Waals surface area contributed by atoms with Crippen molar-refractivity contribution in [1.82, 2.24) is 0 Å². The number of hydrogen-bond acceptors (Lipinski definition) is 2. The number of rotatable bonds is 4. The zero-order valence-electron chi connectivity index (χ0n) is 10.3. The van der Waals surface area contributed by atoms with Gasteiger partial charge in [-0.3, -0.25) is 4.79 Å². The Balaban J connectivity index is 2.23. The number of ether oxygens (including phenoxy) is 1. The summed E-state index contributed by atoms with van der Waals surface area (Å²) in [5.41, 5.74) is 0.727. The average molecular weight is 279 g/mol. The van der Waals surface area contributed by atoms with E-state index in [0.717, 1.165) is 0 Å². The van der Waals surface area contributed by atoms with Gasteiger partial charge in [0.05, 0.1) is 12.1 Å². The molecule has 98 valence electrons. The normalized spacial score (nSPS) is 10.3. The second kappa shape index (κ2) is 5.85. The molecule has 0 heterocycles. The van der Waals surface area contributed by atoms with E-state index in [9.17, 15) is 9.18 Å². The standard InChI is InChI=1S/C15H12ClFO2/c1-19-11-6-7-12(13(16)9-11)15(18)8-10-4-2-3-5-14(10)17/h2-7,9H,8H2,1H3. The molecule has 0 aliphatic heterocycles. The first-order valence-electron chi connectivity index (χ1n) is 5.72. The largest absolute Gasteiger partial charge is 0.497 e. The highest BCUT2D eigenvalue weighted by Crippen LogP contribution is 2.24. The predicted octanol–water partition coefficient (Wildman–Crippen LogP) is 3.91. The topological polar surface area (TPSA) is 26.3 Å². The van der Waals surface area contributed by atoms with Gasteiger partial charge in [-0.05, 0) is 29.8 Å². The van der Waals surface area contributed by atoms with Gasteiger partial charge in [0.2, 0.25) is 0 Å². The van der Waals surface area contributed by atoms with Gasteiger partial charge in [-0.15, -0.1) is 0 Å². The molecule has 4 heteroatoms. The summed E-state index contributed by atoms with van der Waals surface area (Å²) < 4.78 is 18.5. The summed E-state index contributed by atoms with van der Waals surface area (Å²) in [6.07, 6.45) is -0.0152. The lowest BCUT2D eigenvalue weighted by Crippen LogP contribution is -2.06. The lowest BCUT2D eigenvalue weighted by atomic mass is 10.0. The van der Waals surface area contributed by atoms with Crippen LogP contribution >= 0.6 is 11.6 Å². The van der Waals surface area contributed by atoms with Gasteiger partial charge >= 0.3 is 0 Å². The molecule has 0 N–H and O–H groups in total. The highest BCUT2D eigenvalue weighted by molar-refractivity contribution is 6.34. The van der Waals surface area contributed by atoms with Gasteiger partial charge in [-0.1, -0.05) is 29.8 Å². The first-order chi connectivity index (χ1) is 9.11. The summed E-state index contributed by atoms with van der Waals surface area (Å²) in [4.78, 5) is 12.1. The van der Waals surface area contributed by atoms with Crippen molar-refractivity contribution in [1.29, 1.82) is 0 Å². The van der Waals surface area contributed by atoms with E-state index in [1.165, 1.54) is 13.2 Å². The molecule has 19 heavy (non-hydrogen) atoms. The first kappa shape index (κ1) is 13.6. The van der Waals surface area contributed by atoms with Gasteiger partial charge in [0.15, 0.2) is 5.78 Å². The van der Waals surface area contributed by atoms with Gasteiger partial charge in [0.1, 0.15) is 11.6 Å². The monoisotopic (exact) mass is 278 g/mol. The molecule has 2 aromatic carbocycles. The van der Waals surface area contributed by atoms with Crippen LogP contribution in [-0.2, 0) is 6.42 Å². The van der Waals surface area contributed by atoms with Gasteiger partial charge in [-0.25, -0.2) is 4.39 Å². The molecule has 0 aliphatic rings. The number of hydrogen-bond donors (Lipinski definition) is 0. The fourth-order valence-corrected chi connectivity index (χ4v) is 2.03. The van der Waals surface area contributed by atoms with Crippen molar-refractivity contribution in [3.05, 3.63) is 64.4 Å². The molecule has 2 rings (SSSR count). The molecule has 2 nitrogen and oxygen atoms in total. The number of ketones is 1. The van der Waals surface area contributed by atoms with E-state index in [4.69, 9.17) is 16.3 Å². The Bertz CT molecular complexity index is 611. The van der Waals surface area contributed by atoms with E-state index in [2.05, 4.69) is 0 Å². The summed E-state index contributed by atoms with van der Waals surface area (Å²) in [6.45, 7) is 0. The molecule has 0 fully saturated rings. The Hall–Kier alpha value is -1.87. The van der Waals surface area contributed by atoms with Crippen molar-refractivity contribution in [2.24, 2.45) is 0 Å². The third-order valence-corrected chi connectivity index (χ3v) is 3.10. The second-order valence-corrected chi connectivity index (χ2v) is 4.44. The molecule has 0 bridgehead atoms. The number of benzene rings is 2. The van der Waals surface area contributed by atoms with Gasteiger partial charge in [0.25, 0.3) is 0 Å². The maximum absolute atomic E-state index is 13.5. The van der Waals surface area contributed by atoms with Crippen molar-refractivity contribution < 1.29 is 13.9 Å². The Morgan fingerprint density at radius 2 is 2.00 bits per heavy atom. The third-order valence-electron chi connectivity index (χ3n) is 2.79. The van der Waals surface area contributed by atoms with Crippen LogP contribution in [0.2, 0.25) is 5.02 Å². The van der Waals surface area contributed by atoms with Crippen LogP contribution in [0.25, 0.3) is 0 Å². The maximum Gasteiger partial charge on any atom is 0.168 e. The second-order valence-electron chi connectivity index (χ2n) is 4.04. The van der Waals surface area contributed by atoms with Crippen LogP contribution in [-0.4, -0.2) is 12.9 Å². The Labute approximate surface area is 115 Å². The highest BCUT2D eigenvalue weighted by Gasteiger charge is 2.13. The maximum atomic E-state index is 13.5. The van der Waals surface area contributed by atoms with Crippen LogP contribution in [0, 0.1) is 5.82 Å². The van der Waals surface area contributed by atoms with Crippen LogP contribution < -0.4 is 4.74 Å². The van der Waals surface area contributed by atoms with E-state index in [0.29, 0.717) is 21.9 Å². The minimum absolute atomic E-state index is 0.0152. The lowest BCUT2D eigenvalue weighted by Gasteiger charge is -2.06. The Morgan fingerprint density at radius 1 is 1.26 bits per heavy atom. The molecular weight excluding hydrogens is 267 g/mol. The smallest absolute Gasteiger partial charge is 0.168 e. The van der Waals surface area contributed by atoms with E-state index >= 15 is 0 Å².